The van der Waals surface area contributed by atoms with Gasteiger partial charge in [-0.2, -0.15) is 0 Å². The fraction of sp³-hybridized carbons (Fsp3) is 0.286. The van der Waals surface area contributed by atoms with Gasteiger partial charge >= 0.3 is 0 Å². The Balaban J connectivity index is 2.18. The Hall–Kier alpha value is -2.01. The van der Waals surface area contributed by atoms with Crippen LogP contribution in [0.25, 0.3) is 0 Å². The molecule has 1 N–H and O–H groups in total. The van der Waals surface area contributed by atoms with E-state index in [1.807, 2.05) is 13.8 Å². The number of ether oxygens (including phenoxy) is 1. The molecule has 2 aromatic rings. The molecule has 0 spiro atoms. The lowest BCUT2D eigenvalue weighted by atomic mass is 10.2. The van der Waals surface area contributed by atoms with Crippen molar-refractivity contribution in [2.45, 2.75) is 20.4 Å². The van der Waals surface area contributed by atoms with Crippen LogP contribution in [0.3, 0.4) is 0 Å². The van der Waals surface area contributed by atoms with Crippen molar-refractivity contribution >= 4 is 0 Å². The van der Waals surface area contributed by atoms with Crippen LogP contribution in [-0.4, -0.2) is 16.5 Å². The molecule has 2 aromatic heterocycles. The van der Waals surface area contributed by atoms with E-state index in [9.17, 15) is 4.39 Å². The number of aryl methyl sites for hydroxylation is 1. The van der Waals surface area contributed by atoms with Crippen molar-refractivity contribution in [2.75, 3.05) is 6.54 Å². The molecule has 0 aliphatic carbocycles. The Bertz CT molecular complexity index is 543. The SMILES string of the molecule is CCNCc1ccnc(Oc2ccc(C)nc2)c1F. The summed E-state index contributed by atoms with van der Waals surface area (Å²) in [5.41, 5.74) is 1.41. The number of hydrogen-bond donors (Lipinski definition) is 1. The molecule has 0 bridgehead atoms. The Morgan fingerprint density at radius 3 is 2.79 bits per heavy atom. The van der Waals surface area contributed by atoms with E-state index < -0.39 is 5.82 Å². The zero-order chi connectivity index (χ0) is 13.7. The van der Waals surface area contributed by atoms with Crippen LogP contribution in [0.5, 0.6) is 11.6 Å². The Kier molecular flexibility index (Phi) is 4.41. The molecule has 5 heteroatoms. The second-order valence-corrected chi connectivity index (χ2v) is 4.11. The molecule has 0 aliphatic rings. The summed E-state index contributed by atoms with van der Waals surface area (Å²) < 4.78 is 19.5. The summed E-state index contributed by atoms with van der Waals surface area (Å²) in [6.45, 7) is 5.07. The van der Waals surface area contributed by atoms with Crippen molar-refractivity contribution in [1.82, 2.24) is 15.3 Å². The summed E-state index contributed by atoms with van der Waals surface area (Å²) in [7, 11) is 0. The summed E-state index contributed by atoms with van der Waals surface area (Å²) in [5.74, 6) is 0.00248. The van der Waals surface area contributed by atoms with Crippen LogP contribution in [0.4, 0.5) is 4.39 Å². The predicted molar refractivity (Wildman–Crippen MR) is 70.6 cm³/mol. The first-order chi connectivity index (χ1) is 9.20. The highest BCUT2D eigenvalue weighted by atomic mass is 19.1. The highest BCUT2D eigenvalue weighted by molar-refractivity contribution is 5.29. The van der Waals surface area contributed by atoms with E-state index in [-0.39, 0.29) is 5.88 Å². The Morgan fingerprint density at radius 1 is 1.26 bits per heavy atom. The number of nitrogens with zero attached hydrogens (tertiary/aromatic N) is 2. The monoisotopic (exact) mass is 261 g/mol. The van der Waals surface area contributed by atoms with E-state index in [2.05, 4.69) is 15.3 Å². The minimum Gasteiger partial charge on any atom is -0.435 e. The second-order valence-electron chi connectivity index (χ2n) is 4.11. The van der Waals surface area contributed by atoms with Gasteiger partial charge in [-0.25, -0.2) is 9.37 Å². The molecule has 0 fully saturated rings. The van der Waals surface area contributed by atoms with Crippen LogP contribution >= 0.6 is 0 Å². The molecule has 0 radical (unpaired) electrons. The van der Waals surface area contributed by atoms with Gasteiger partial charge in [-0.15, -0.1) is 0 Å². The average Bonchev–Trinajstić information content (AvgIpc) is 2.42. The van der Waals surface area contributed by atoms with Gasteiger partial charge in [0.25, 0.3) is 5.88 Å². The van der Waals surface area contributed by atoms with Crippen molar-refractivity contribution in [3.05, 3.63) is 47.7 Å². The molecule has 0 aliphatic heterocycles. The summed E-state index contributed by atoms with van der Waals surface area (Å²) in [4.78, 5) is 8.00. The van der Waals surface area contributed by atoms with Crippen LogP contribution in [0.1, 0.15) is 18.2 Å². The Labute approximate surface area is 111 Å². The minimum atomic E-state index is -0.441. The number of hydrogen-bond acceptors (Lipinski definition) is 4. The number of nitrogens with one attached hydrogen (secondary N) is 1. The number of halogens is 1. The maximum atomic E-state index is 14.1. The van der Waals surface area contributed by atoms with Crippen LogP contribution in [0.2, 0.25) is 0 Å². The fourth-order valence-electron chi connectivity index (χ4n) is 1.56. The molecule has 0 saturated carbocycles. The summed E-state index contributed by atoms with van der Waals surface area (Å²) in [6.07, 6.45) is 3.08. The van der Waals surface area contributed by atoms with Gasteiger partial charge in [-0.3, -0.25) is 4.98 Å². The van der Waals surface area contributed by atoms with E-state index in [0.29, 0.717) is 17.9 Å². The van der Waals surface area contributed by atoms with Crippen molar-refractivity contribution in [1.29, 1.82) is 0 Å². The van der Waals surface area contributed by atoms with Gasteiger partial charge in [-0.1, -0.05) is 6.92 Å². The lowest BCUT2D eigenvalue weighted by molar-refractivity contribution is 0.416. The summed E-state index contributed by atoms with van der Waals surface area (Å²) >= 11 is 0. The zero-order valence-corrected chi connectivity index (χ0v) is 11.0. The van der Waals surface area contributed by atoms with Gasteiger partial charge in [0, 0.05) is 24.0 Å². The molecule has 4 nitrogen and oxygen atoms in total. The minimum absolute atomic E-state index is 0.0268. The van der Waals surface area contributed by atoms with Crippen molar-refractivity contribution in [3.63, 3.8) is 0 Å². The summed E-state index contributed by atoms with van der Waals surface area (Å²) in [6, 6.07) is 5.17. The lowest BCUT2D eigenvalue weighted by Gasteiger charge is -2.09. The van der Waals surface area contributed by atoms with Crippen LogP contribution in [-0.2, 0) is 6.54 Å². The molecule has 100 valence electrons. The molecule has 0 saturated heterocycles. The van der Waals surface area contributed by atoms with Crippen LogP contribution in [0.15, 0.2) is 30.6 Å². The highest BCUT2D eigenvalue weighted by Crippen LogP contribution is 2.23. The van der Waals surface area contributed by atoms with Crippen molar-refractivity contribution in [2.24, 2.45) is 0 Å². The van der Waals surface area contributed by atoms with Gasteiger partial charge in [0.05, 0.1) is 6.20 Å². The van der Waals surface area contributed by atoms with Gasteiger partial charge in [0.1, 0.15) is 5.75 Å². The van der Waals surface area contributed by atoms with E-state index in [0.717, 1.165) is 12.2 Å². The van der Waals surface area contributed by atoms with E-state index in [4.69, 9.17) is 4.74 Å². The number of aromatic nitrogens is 2. The molecular weight excluding hydrogens is 245 g/mol. The lowest BCUT2D eigenvalue weighted by Crippen LogP contribution is -2.13. The topological polar surface area (TPSA) is 47.0 Å². The Morgan fingerprint density at radius 2 is 2.11 bits per heavy atom. The first-order valence-electron chi connectivity index (χ1n) is 6.15. The maximum absolute atomic E-state index is 14.1. The quantitative estimate of drug-likeness (QED) is 0.899. The third-order valence-electron chi connectivity index (χ3n) is 2.60. The average molecular weight is 261 g/mol. The normalized spacial score (nSPS) is 10.5. The molecule has 0 atom stereocenters. The summed E-state index contributed by atoms with van der Waals surface area (Å²) in [5, 5.41) is 3.07. The first-order valence-corrected chi connectivity index (χ1v) is 6.15. The van der Waals surface area contributed by atoms with E-state index >= 15 is 0 Å². The molecule has 0 aromatic carbocycles. The number of pyridine rings is 2. The number of rotatable bonds is 5. The molecule has 0 unspecified atom stereocenters. The van der Waals surface area contributed by atoms with Crippen LogP contribution < -0.4 is 10.1 Å². The van der Waals surface area contributed by atoms with Crippen molar-refractivity contribution in [3.8, 4) is 11.6 Å². The van der Waals surface area contributed by atoms with E-state index in [1.54, 1.807) is 24.4 Å². The van der Waals surface area contributed by atoms with Gasteiger partial charge < -0.3 is 10.1 Å². The standard InChI is InChI=1S/C14H16FN3O/c1-3-16-8-11-6-7-17-14(13(11)15)19-12-5-4-10(2)18-9-12/h4-7,9,16H,3,8H2,1-2H3. The molecule has 2 heterocycles. The first kappa shape index (κ1) is 13.4. The van der Waals surface area contributed by atoms with Crippen molar-refractivity contribution < 1.29 is 9.13 Å². The highest BCUT2D eigenvalue weighted by Gasteiger charge is 2.11. The van der Waals surface area contributed by atoms with Crippen LogP contribution in [0, 0.1) is 12.7 Å². The van der Waals surface area contributed by atoms with Gasteiger partial charge in [-0.05, 0) is 31.7 Å². The van der Waals surface area contributed by atoms with Gasteiger partial charge in [0.2, 0.25) is 0 Å². The smallest absolute Gasteiger partial charge is 0.256 e. The molecule has 19 heavy (non-hydrogen) atoms. The maximum Gasteiger partial charge on any atom is 0.256 e. The molecular formula is C14H16FN3O. The third-order valence-corrected chi connectivity index (χ3v) is 2.60. The predicted octanol–water partition coefficient (Wildman–Crippen LogP) is 2.83. The molecule has 2 rings (SSSR count). The largest absolute Gasteiger partial charge is 0.435 e. The van der Waals surface area contributed by atoms with Gasteiger partial charge in [0.15, 0.2) is 5.82 Å². The third kappa shape index (κ3) is 3.48. The van der Waals surface area contributed by atoms with E-state index in [1.165, 1.54) is 6.20 Å². The second kappa shape index (κ2) is 6.24. The fourth-order valence-corrected chi connectivity index (χ4v) is 1.56. The zero-order valence-electron chi connectivity index (χ0n) is 11.0. The molecule has 0 amide bonds.